The number of piperidine rings is 1. The Morgan fingerprint density at radius 1 is 1.00 bits per heavy atom. The van der Waals surface area contributed by atoms with Crippen molar-refractivity contribution in [3.63, 3.8) is 0 Å². The summed E-state index contributed by atoms with van der Waals surface area (Å²) in [6.07, 6.45) is 1.85. The summed E-state index contributed by atoms with van der Waals surface area (Å²) < 4.78 is 0. The molecule has 1 fully saturated rings. The normalized spacial score (nSPS) is 16.4. The van der Waals surface area contributed by atoms with Gasteiger partial charge in [0.25, 0.3) is 0 Å². The zero-order valence-corrected chi connectivity index (χ0v) is 18.5. The van der Waals surface area contributed by atoms with Crippen molar-refractivity contribution < 1.29 is 4.79 Å². The van der Waals surface area contributed by atoms with E-state index in [2.05, 4.69) is 77.6 Å². The molecule has 1 aliphatic heterocycles. The number of amides is 1. The number of benzene rings is 2. The van der Waals surface area contributed by atoms with Crippen LogP contribution in [0.1, 0.15) is 43.7 Å². The van der Waals surface area contributed by atoms with Crippen molar-refractivity contribution in [2.75, 3.05) is 23.3 Å². The van der Waals surface area contributed by atoms with Gasteiger partial charge < -0.3 is 10.2 Å². The van der Waals surface area contributed by atoms with E-state index in [9.17, 15) is 4.79 Å². The second-order valence-electron chi connectivity index (χ2n) is 8.69. The number of nitrogens with one attached hydrogen (secondary N) is 1. The maximum absolute atomic E-state index is 12.9. The lowest BCUT2D eigenvalue weighted by molar-refractivity contribution is -0.120. The van der Waals surface area contributed by atoms with Gasteiger partial charge in [0, 0.05) is 24.3 Å². The van der Waals surface area contributed by atoms with E-state index in [1.54, 1.807) is 0 Å². The number of hydrogen-bond donors (Lipinski definition) is 1. The van der Waals surface area contributed by atoms with Gasteiger partial charge in [-0.05, 0) is 55.5 Å². The van der Waals surface area contributed by atoms with Crippen LogP contribution in [-0.2, 0) is 4.79 Å². The van der Waals surface area contributed by atoms with E-state index in [4.69, 9.17) is 0 Å². The first kappa shape index (κ1) is 21.0. The number of anilines is 2. The van der Waals surface area contributed by atoms with Crippen molar-refractivity contribution in [3.8, 4) is 11.3 Å². The van der Waals surface area contributed by atoms with Gasteiger partial charge in [-0.15, -0.1) is 10.2 Å². The fourth-order valence-electron chi connectivity index (χ4n) is 3.97. The summed E-state index contributed by atoms with van der Waals surface area (Å²) in [6.45, 7) is 7.96. The number of carbonyl (C=O) groups excluding carboxylic acids is 1. The van der Waals surface area contributed by atoms with Crippen molar-refractivity contribution >= 4 is 17.4 Å². The molecule has 0 saturated carbocycles. The highest BCUT2D eigenvalue weighted by Gasteiger charge is 2.27. The van der Waals surface area contributed by atoms with E-state index in [0.717, 1.165) is 42.1 Å². The number of rotatable bonds is 5. The molecule has 1 aliphatic rings. The van der Waals surface area contributed by atoms with E-state index in [0.29, 0.717) is 12.5 Å². The third-order valence-electron chi connectivity index (χ3n) is 5.96. The molecule has 0 unspecified atom stereocenters. The van der Waals surface area contributed by atoms with Gasteiger partial charge >= 0.3 is 0 Å². The van der Waals surface area contributed by atoms with Crippen molar-refractivity contribution in [2.24, 2.45) is 5.92 Å². The molecule has 0 bridgehead atoms. The van der Waals surface area contributed by atoms with Crippen LogP contribution in [0.3, 0.4) is 0 Å². The number of aryl methyl sites for hydroxylation is 1. The largest absolute Gasteiger partial charge is 0.354 e. The first-order valence-corrected chi connectivity index (χ1v) is 11.1. The second-order valence-corrected chi connectivity index (χ2v) is 8.69. The van der Waals surface area contributed by atoms with Gasteiger partial charge in [-0.2, -0.15) is 0 Å². The standard InChI is InChI=1S/C26H30N4O/c1-18(2)20-10-12-23(13-11-20)27-26(31)22-5-4-16-30(17-22)25-15-14-24(28-29-25)21-8-6-19(3)7-9-21/h6-15,18,22H,4-5,16-17H2,1-3H3,(H,27,31)/t22-/m0/s1. The van der Waals surface area contributed by atoms with Gasteiger partial charge in [0.05, 0.1) is 11.6 Å². The third-order valence-corrected chi connectivity index (χ3v) is 5.96. The van der Waals surface area contributed by atoms with Crippen molar-refractivity contribution in [1.82, 2.24) is 10.2 Å². The van der Waals surface area contributed by atoms with Gasteiger partial charge in [-0.1, -0.05) is 55.8 Å². The molecular weight excluding hydrogens is 384 g/mol. The third kappa shape index (κ3) is 5.10. The lowest BCUT2D eigenvalue weighted by Crippen LogP contribution is -2.41. The molecule has 2 heterocycles. The van der Waals surface area contributed by atoms with Crippen LogP contribution in [0.15, 0.2) is 60.7 Å². The number of carbonyl (C=O) groups is 1. The molecule has 0 radical (unpaired) electrons. The summed E-state index contributed by atoms with van der Waals surface area (Å²) in [5.74, 6) is 1.33. The summed E-state index contributed by atoms with van der Waals surface area (Å²) in [5.41, 5.74) is 5.27. The van der Waals surface area contributed by atoms with Gasteiger partial charge in [0.2, 0.25) is 5.91 Å². The maximum Gasteiger partial charge on any atom is 0.229 e. The van der Waals surface area contributed by atoms with E-state index < -0.39 is 0 Å². The summed E-state index contributed by atoms with van der Waals surface area (Å²) in [6, 6.07) is 20.4. The summed E-state index contributed by atoms with van der Waals surface area (Å²) in [4.78, 5) is 15.0. The molecular formula is C26H30N4O. The fourth-order valence-corrected chi connectivity index (χ4v) is 3.97. The minimum absolute atomic E-state index is 0.0582. The summed E-state index contributed by atoms with van der Waals surface area (Å²) in [7, 11) is 0. The zero-order chi connectivity index (χ0) is 21.8. The molecule has 5 heteroatoms. The molecule has 1 amide bonds. The Labute approximate surface area is 184 Å². The maximum atomic E-state index is 12.9. The summed E-state index contributed by atoms with van der Waals surface area (Å²) in [5, 5.41) is 12.0. The monoisotopic (exact) mass is 414 g/mol. The first-order chi connectivity index (χ1) is 15.0. The Morgan fingerprint density at radius 2 is 1.74 bits per heavy atom. The average Bonchev–Trinajstić information content (AvgIpc) is 2.80. The predicted octanol–water partition coefficient (Wildman–Crippen LogP) is 5.43. The molecule has 0 aliphatic carbocycles. The number of nitrogens with zero attached hydrogens (tertiary/aromatic N) is 3. The van der Waals surface area contributed by atoms with Crippen molar-refractivity contribution in [3.05, 3.63) is 71.8 Å². The highest BCUT2D eigenvalue weighted by Crippen LogP contribution is 2.25. The molecule has 31 heavy (non-hydrogen) atoms. The predicted molar refractivity (Wildman–Crippen MR) is 126 cm³/mol. The Morgan fingerprint density at radius 3 is 2.39 bits per heavy atom. The second kappa shape index (κ2) is 9.29. The molecule has 4 rings (SSSR count). The molecule has 3 aromatic rings. The van der Waals surface area contributed by atoms with Gasteiger partial charge in [0.1, 0.15) is 0 Å². The highest BCUT2D eigenvalue weighted by atomic mass is 16.1. The molecule has 1 saturated heterocycles. The molecule has 5 nitrogen and oxygen atoms in total. The van der Waals surface area contributed by atoms with Crippen molar-refractivity contribution in [1.29, 1.82) is 0 Å². The van der Waals surface area contributed by atoms with Crippen LogP contribution in [0.25, 0.3) is 11.3 Å². The van der Waals surface area contributed by atoms with Crippen LogP contribution < -0.4 is 10.2 Å². The molecule has 2 aromatic carbocycles. The minimum atomic E-state index is -0.0582. The van der Waals surface area contributed by atoms with Crippen LogP contribution in [0.2, 0.25) is 0 Å². The van der Waals surface area contributed by atoms with Gasteiger partial charge in [-0.3, -0.25) is 4.79 Å². The SMILES string of the molecule is Cc1ccc(-c2ccc(N3CCC[C@H](C(=O)Nc4ccc(C(C)C)cc4)C3)nn2)cc1. The van der Waals surface area contributed by atoms with Crippen molar-refractivity contribution in [2.45, 2.75) is 39.5 Å². The van der Waals surface area contributed by atoms with Crippen LogP contribution >= 0.6 is 0 Å². The van der Waals surface area contributed by atoms with E-state index >= 15 is 0 Å². The molecule has 1 N–H and O–H groups in total. The van der Waals surface area contributed by atoms with Crippen LogP contribution in [0.4, 0.5) is 11.5 Å². The Hall–Kier alpha value is -3.21. The smallest absolute Gasteiger partial charge is 0.229 e. The minimum Gasteiger partial charge on any atom is -0.354 e. The average molecular weight is 415 g/mol. The number of hydrogen-bond acceptors (Lipinski definition) is 4. The molecule has 1 atom stereocenters. The lowest BCUT2D eigenvalue weighted by Gasteiger charge is -2.32. The molecule has 160 valence electrons. The topological polar surface area (TPSA) is 58.1 Å². The van der Waals surface area contributed by atoms with Gasteiger partial charge in [0.15, 0.2) is 5.82 Å². The number of aromatic nitrogens is 2. The zero-order valence-electron chi connectivity index (χ0n) is 18.5. The quantitative estimate of drug-likeness (QED) is 0.605. The molecule has 1 aromatic heterocycles. The molecule has 0 spiro atoms. The Kier molecular flexibility index (Phi) is 6.31. The Bertz CT molecular complexity index is 1010. The first-order valence-electron chi connectivity index (χ1n) is 11.1. The fraction of sp³-hybridized carbons (Fsp3) is 0.346. The summed E-state index contributed by atoms with van der Waals surface area (Å²) >= 11 is 0. The van der Waals surface area contributed by atoms with Crippen LogP contribution in [0, 0.1) is 12.8 Å². The Balaban J connectivity index is 1.39. The van der Waals surface area contributed by atoms with Crippen LogP contribution in [0.5, 0.6) is 0 Å². The van der Waals surface area contributed by atoms with Gasteiger partial charge in [-0.25, -0.2) is 0 Å². The van der Waals surface area contributed by atoms with Crippen LogP contribution in [-0.4, -0.2) is 29.2 Å². The highest BCUT2D eigenvalue weighted by molar-refractivity contribution is 5.93. The van der Waals surface area contributed by atoms with E-state index in [-0.39, 0.29) is 11.8 Å². The van der Waals surface area contributed by atoms with E-state index in [1.807, 2.05) is 24.3 Å². The lowest BCUT2D eigenvalue weighted by atomic mass is 9.96. The van der Waals surface area contributed by atoms with E-state index in [1.165, 1.54) is 11.1 Å².